The molecule has 1 rings (SSSR count). The SMILES string of the molecule is CC(C)NC(C)(C#N)CCSc1cccc(Br)c1. The fourth-order valence-electron chi connectivity index (χ4n) is 1.73. The molecule has 1 N–H and O–H groups in total. The predicted octanol–water partition coefficient (Wildman–Crippen LogP) is 4.21. The molecule has 1 aromatic rings. The van der Waals surface area contributed by atoms with Crippen LogP contribution < -0.4 is 5.32 Å². The van der Waals surface area contributed by atoms with E-state index in [1.54, 1.807) is 11.8 Å². The minimum absolute atomic E-state index is 0.325. The molecule has 1 unspecified atom stereocenters. The van der Waals surface area contributed by atoms with Gasteiger partial charge in [0.1, 0.15) is 5.54 Å². The highest BCUT2D eigenvalue weighted by Crippen LogP contribution is 2.24. The summed E-state index contributed by atoms with van der Waals surface area (Å²) in [4.78, 5) is 1.23. The van der Waals surface area contributed by atoms with Crippen molar-refractivity contribution >= 4 is 27.7 Å². The molecule has 0 spiro atoms. The summed E-state index contributed by atoms with van der Waals surface area (Å²) in [6, 6.07) is 10.9. The fraction of sp³-hybridized carbons (Fsp3) is 0.500. The molecule has 0 amide bonds. The number of nitrogens with zero attached hydrogens (tertiary/aromatic N) is 1. The second kappa shape index (κ2) is 7.18. The molecule has 0 fully saturated rings. The van der Waals surface area contributed by atoms with E-state index in [9.17, 15) is 5.26 Å². The standard InChI is InChI=1S/C14H19BrN2S/c1-11(2)17-14(3,10-16)7-8-18-13-6-4-5-12(15)9-13/h4-6,9,11,17H,7-8H2,1-3H3. The van der Waals surface area contributed by atoms with Gasteiger partial charge in [-0.2, -0.15) is 5.26 Å². The summed E-state index contributed by atoms with van der Waals surface area (Å²) < 4.78 is 1.09. The van der Waals surface area contributed by atoms with Gasteiger partial charge in [-0.3, -0.25) is 5.32 Å². The van der Waals surface area contributed by atoms with Crippen molar-refractivity contribution in [2.24, 2.45) is 0 Å². The maximum Gasteiger partial charge on any atom is 0.104 e. The molecule has 1 aromatic carbocycles. The second-order valence-electron chi connectivity index (χ2n) is 4.80. The lowest BCUT2D eigenvalue weighted by Gasteiger charge is -2.25. The molecule has 0 saturated carbocycles. The van der Waals surface area contributed by atoms with Gasteiger partial charge in [0.2, 0.25) is 0 Å². The van der Waals surface area contributed by atoms with Crippen molar-refractivity contribution in [3.05, 3.63) is 28.7 Å². The molecule has 18 heavy (non-hydrogen) atoms. The minimum atomic E-state index is -0.437. The van der Waals surface area contributed by atoms with Gasteiger partial charge >= 0.3 is 0 Å². The highest BCUT2D eigenvalue weighted by molar-refractivity contribution is 9.10. The van der Waals surface area contributed by atoms with Gasteiger partial charge in [0, 0.05) is 21.2 Å². The topological polar surface area (TPSA) is 35.8 Å². The molecular formula is C14H19BrN2S. The van der Waals surface area contributed by atoms with E-state index in [0.717, 1.165) is 16.6 Å². The number of hydrogen-bond donors (Lipinski definition) is 1. The summed E-state index contributed by atoms with van der Waals surface area (Å²) in [5, 5.41) is 12.6. The average molecular weight is 327 g/mol. The third-order valence-electron chi connectivity index (χ3n) is 2.52. The Labute approximate surface area is 122 Å². The number of nitrogens with one attached hydrogen (secondary N) is 1. The summed E-state index contributed by atoms with van der Waals surface area (Å²) in [7, 11) is 0. The molecular weight excluding hydrogens is 308 g/mol. The maximum absolute atomic E-state index is 9.25. The summed E-state index contributed by atoms with van der Waals surface area (Å²) in [5.74, 6) is 0.931. The largest absolute Gasteiger partial charge is 0.297 e. The number of thioether (sulfide) groups is 1. The zero-order valence-corrected chi connectivity index (χ0v) is 13.4. The Hall–Kier alpha value is -0.500. The van der Waals surface area contributed by atoms with E-state index >= 15 is 0 Å². The van der Waals surface area contributed by atoms with Gasteiger partial charge in [0.05, 0.1) is 6.07 Å². The van der Waals surface area contributed by atoms with E-state index in [0.29, 0.717) is 6.04 Å². The van der Waals surface area contributed by atoms with Crippen LogP contribution in [0, 0.1) is 11.3 Å². The molecule has 0 aliphatic rings. The average Bonchev–Trinajstić information content (AvgIpc) is 2.28. The molecule has 0 aliphatic heterocycles. The van der Waals surface area contributed by atoms with Crippen molar-refractivity contribution in [1.29, 1.82) is 5.26 Å². The Kier molecular flexibility index (Phi) is 6.20. The lowest BCUT2D eigenvalue weighted by molar-refractivity contribution is 0.397. The van der Waals surface area contributed by atoms with Crippen LogP contribution in [0.1, 0.15) is 27.2 Å². The van der Waals surface area contributed by atoms with Crippen molar-refractivity contribution < 1.29 is 0 Å². The quantitative estimate of drug-likeness (QED) is 0.795. The number of hydrogen-bond acceptors (Lipinski definition) is 3. The van der Waals surface area contributed by atoms with Gasteiger partial charge in [0.25, 0.3) is 0 Å². The van der Waals surface area contributed by atoms with Crippen LogP contribution in [-0.4, -0.2) is 17.3 Å². The lowest BCUT2D eigenvalue weighted by atomic mass is 10.0. The van der Waals surface area contributed by atoms with Crippen molar-refractivity contribution in [2.75, 3.05) is 5.75 Å². The molecule has 0 aromatic heterocycles. The van der Waals surface area contributed by atoms with E-state index in [2.05, 4.69) is 53.3 Å². The van der Waals surface area contributed by atoms with Crippen LogP contribution in [-0.2, 0) is 0 Å². The third kappa shape index (κ3) is 5.43. The van der Waals surface area contributed by atoms with E-state index in [-0.39, 0.29) is 0 Å². The molecule has 1 atom stereocenters. The van der Waals surface area contributed by atoms with Crippen LogP contribution in [0.4, 0.5) is 0 Å². The second-order valence-corrected chi connectivity index (χ2v) is 6.88. The van der Waals surface area contributed by atoms with Crippen molar-refractivity contribution in [3.63, 3.8) is 0 Å². The first kappa shape index (κ1) is 15.6. The number of halogens is 1. The van der Waals surface area contributed by atoms with Crippen LogP contribution in [0.15, 0.2) is 33.6 Å². The zero-order valence-electron chi connectivity index (χ0n) is 11.0. The van der Waals surface area contributed by atoms with E-state index < -0.39 is 5.54 Å². The smallest absolute Gasteiger partial charge is 0.104 e. The zero-order chi connectivity index (χ0) is 13.6. The summed E-state index contributed by atoms with van der Waals surface area (Å²) in [6.07, 6.45) is 0.832. The maximum atomic E-state index is 9.25. The monoisotopic (exact) mass is 326 g/mol. The van der Waals surface area contributed by atoms with Gasteiger partial charge in [-0.1, -0.05) is 22.0 Å². The Balaban J connectivity index is 2.47. The van der Waals surface area contributed by atoms with Crippen LogP contribution in [0.25, 0.3) is 0 Å². The van der Waals surface area contributed by atoms with Gasteiger partial charge in [-0.15, -0.1) is 11.8 Å². The van der Waals surface area contributed by atoms with Gasteiger partial charge in [0.15, 0.2) is 0 Å². The Morgan fingerprint density at radius 1 is 1.50 bits per heavy atom. The first-order valence-corrected chi connectivity index (χ1v) is 7.80. The number of benzene rings is 1. The predicted molar refractivity (Wildman–Crippen MR) is 81.8 cm³/mol. The molecule has 98 valence electrons. The van der Waals surface area contributed by atoms with Crippen molar-refractivity contribution in [2.45, 2.75) is 43.7 Å². The normalized spacial score (nSPS) is 14.2. The highest BCUT2D eigenvalue weighted by Gasteiger charge is 2.23. The molecule has 0 radical (unpaired) electrons. The summed E-state index contributed by atoms with van der Waals surface area (Å²) in [5.41, 5.74) is -0.437. The molecule has 4 heteroatoms. The van der Waals surface area contributed by atoms with Crippen LogP contribution in [0.2, 0.25) is 0 Å². The lowest BCUT2D eigenvalue weighted by Crippen LogP contribution is -2.45. The van der Waals surface area contributed by atoms with Crippen molar-refractivity contribution in [3.8, 4) is 6.07 Å². The van der Waals surface area contributed by atoms with E-state index in [1.807, 2.05) is 19.1 Å². The van der Waals surface area contributed by atoms with Crippen LogP contribution in [0.3, 0.4) is 0 Å². The molecule has 0 bridgehead atoms. The number of rotatable bonds is 6. The molecule has 2 nitrogen and oxygen atoms in total. The van der Waals surface area contributed by atoms with Gasteiger partial charge < -0.3 is 0 Å². The summed E-state index contributed by atoms with van der Waals surface area (Å²) in [6.45, 7) is 6.10. The first-order valence-electron chi connectivity index (χ1n) is 6.02. The third-order valence-corrected chi connectivity index (χ3v) is 4.01. The Morgan fingerprint density at radius 2 is 2.22 bits per heavy atom. The van der Waals surface area contributed by atoms with E-state index in [1.165, 1.54) is 4.90 Å². The molecule has 0 aliphatic carbocycles. The van der Waals surface area contributed by atoms with Crippen LogP contribution in [0.5, 0.6) is 0 Å². The molecule has 0 heterocycles. The summed E-state index contributed by atoms with van der Waals surface area (Å²) >= 11 is 5.24. The molecule has 0 saturated heterocycles. The fourth-order valence-corrected chi connectivity index (χ4v) is 3.41. The first-order chi connectivity index (χ1) is 8.45. The Morgan fingerprint density at radius 3 is 2.78 bits per heavy atom. The number of nitriles is 1. The minimum Gasteiger partial charge on any atom is -0.297 e. The van der Waals surface area contributed by atoms with Gasteiger partial charge in [-0.05, 0) is 45.4 Å². The highest BCUT2D eigenvalue weighted by atomic mass is 79.9. The van der Waals surface area contributed by atoms with E-state index in [4.69, 9.17) is 0 Å². The van der Waals surface area contributed by atoms with Gasteiger partial charge in [-0.25, -0.2) is 0 Å². The Bertz CT molecular complexity index is 428. The van der Waals surface area contributed by atoms with Crippen LogP contribution >= 0.6 is 27.7 Å². The van der Waals surface area contributed by atoms with Crippen molar-refractivity contribution in [1.82, 2.24) is 5.32 Å².